The van der Waals surface area contributed by atoms with Crippen LogP contribution < -0.4 is 5.32 Å². The van der Waals surface area contributed by atoms with E-state index in [1.165, 1.54) is 6.42 Å². The minimum Gasteiger partial charge on any atom is -0.453 e. The lowest BCUT2D eigenvalue weighted by Gasteiger charge is -2.55. The molecule has 5 nitrogen and oxygen atoms in total. The second-order valence-electron chi connectivity index (χ2n) is 7.52. The Morgan fingerprint density at radius 1 is 1.45 bits per heavy atom. The Labute approximate surface area is 134 Å². The fourth-order valence-corrected chi connectivity index (χ4v) is 5.45. The largest absolute Gasteiger partial charge is 0.453 e. The summed E-state index contributed by atoms with van der Waals surface area (Å²) < 4.78 is 5.41. The maximum Gasteiger partial charge on any atom is 0.339 e. The van der Waals surface area contributed by atoms with Gasteiger partial charge >= 0.3 is 5.97 Å². The molecule has 22 heavy (non-hydrogen) atoms. The fourth-order valence-electron chi connectivity index (χ4n) is 5.24. The van der Waals surface area contributed by atoms with Crippen molar-refractivity contribution in [1.82, 2.24) is 5.32 Å². The molecule has 0 spiro atoms. The van der Waals surface area contributed by atoms with Crippen molar-refractivity contribution >= 4 is 23.5 Å². The molecule has 0 bridgehead atoms. The Morgan fingerprint density at radius 2 is 2.23 bits per heavy atom. The van der Waals surface area contributed by atoms with Gasteiger partial charge in [-0.2, -0.15) is 0 Å². The van der Waals surface area contributed by atoms with Crippen molar-refractivity contribution in [3.63, 3.8) is 0 Å². The summed E-state index contributed by atoms with van der Waals surface area (Å²) in [5.74, 6) is 0.414. The van der Waals surface area contributed by atoms with E-state index in [4.69, 9.17) is 16.3 Å². The third-order valence-corrected chi connectivity index (χ3v) is 6.82. The van der Waals surface area contributed by atoms with Crippen LogP contribution >= 0.6 is 11.6 Å². The first kappa shape index (κ1) is 14.8. The molecule has 0 aromatic rings. The van der Waals surface area contributed by atoms with Crippen LogP contribution in [0.3, 0.4) is 0 Å². The molecule has 2 saturated heterocycles. The number of aliphatic hydroxyl groups is 1. The van der Waals surface area contributed by atoms with Crippen molar-refractivity contribution in [1.29, 1.82) is 0 Å². The third-order valence-electron chi connectivity index (χ3n) is 6.60. The highest BCUT2D eigenvalue weighted by molar-refractivity contribution is 6.18. The van der Waals surface area contributed by atoms with Crippen LogP contribution in [0.2, 0.25) is 0 Å². The van der Waals surface area contributed by atoms with Gasteiger partial charge in [0.25, 0.3) is 0 Å². The number of carbonyl (C=O) groups is 2. The van der Waals surface area contributed by atoms with Crippen molar-refractivity contribution in [2.45, 2.75) is 56.3 Å². The second-order valence-corrected chi connectivity index (χ2v) is 7.90. The van der Waals surface area contributed by atoms with Crippen molar-refractivity contribution in [2.24, 2.45) is 23.7 Å². The first-order valence-corrected chi connectivity index (χ1v) is 8.78. The van der Waals surface area contributed by atoms with Crippen molar-refractivity contribution in [2.75, 3.05) is 5.88 Å². The molecule has 4 rings (SSSR count). The van der Waals surface area contributed by atoms with Crippen molar-refractivity contribution in [3.8, 4) is 0 Å². The number of ether oxygens (including phenoxy) is 1. The Morgan fingerprint density at radius 3 is 2.91 bits per heavy atom. The SMILES string of the molecule is C[C@]12OC(=O)C1([C@@H](O)[C@H]1CCC[C@@H]3C[C@@H]31)NC(=O)[C@@H]2CCCl. The van der Waals surface area contributed by atoms with Gasteiger partial charge in [-0.3, -0.25) is 4.79 Å². The molecule has 4 fully saturated rings. The summed E-state index contributed by atoms with van der Waals surface area (Å²) in [5, 5.41) is 13.8. The van der Waals surface area contributed by atoms with E-state index in [1.807, 2.05) is 0 Å². The number of nitrogens with one attached hydrogen (secondary N) is 1. The summed E-state index contributed by atoms with van der Waals surface area (Å²) >= 11 is 5.80. The van der Waals surface area contributed by atoms with E-state index in [9.17, 15) is 14.7 Å². The van der Waals surface area contributed by atoms with Crippen LogP contribution in [0.1, 0.15) is 39.0 Å². The Bertz CT molecular complexity index is 540. The fraction of sp³-hybridized carbons (Fsp3) is 0.875. The zero-order chi connectivity index (χ0) is 15.7. The highest BCUT2D eigenvalue weighted by Crippen LogP contribution is 2.59. The molecule has 2 heterocycles. The van der Waals surface area contributed by atoms with Gasteiger partial charge in [-0.1, -0.05) is 12.8 Å². The second kappa shape index (κ2) is 4.60. The van der Waals surface area contributed by atoms with Gasteiger partial charge in [-0.15, -0.1) is 11.6 Å². The number of esters is 1. The van der Waals surface area contributed by atoms with Gasteiger partial charge < -0.3 is 15.2 Å². The average Bonchev–Trinajstić information content (AvgIpc) is 3.25. The summed E-state index contributed by atoms with van der Waals surface area (Å²) in [6.07, 6.45) is 3.96. The van der Waals surface area contributed by atoms with E-state index in [1.54, 1.807) is 6.92 Å². The number of rotatable bonds is 4. The highest BCUT2D eigenvalue weighted by Gasteiger charge is 2.80. The normalized spacial score (nSPS) is 50.3. The molecule has 4 aliphatic rings. The zero-order valence-electron chi connectivity index (χ0n) is 12.7. The van der Waals surface area contributed by atoms with E-state index >= 15 is 0 Å². The molecular weight excluding hydrogens is 306 g/mol. The van der Waals surface area contributed by atoms with Gasteiger partial charge in [-0.25, -0.2) is 4.79 Å². The summed E-state index contributed by atoms with van der Waals surface area (Å²) in [4.78, 5) is 24.7. The van der Waals surface area contributed by atoms with Gasteiger partial charge in [0.05, 0.1) is 12.0 Å². The molecule has 0 radical (unpaired) electrons. The standard InChI is InChI=1S/C16H22ClNO4/c1-15-11(5-6-17)13(20)18-16(15,14(21)22-15)12(19)9-4-2-3-8-7-10(8)9/h8-12,19H,2-7H2,1H3,(H,18,20)/t8-,9+,10+,11+,12+,15-,16?/m1/s1. The van der Waals surface area contributed by atoms with Crippen molar-refractivity contribution < 1.29 is 19.4 Å². The van der Waals surface area contributed by atoms with Crippen LogP contribution in [0.25, 0.3) is 0 Å². The molecule has 7 atom stereocenters. The lowest BCUT2D eigenvalue weighted by molar-refractivity contribution is -0.240. The number of halogens is 1. The number of fused-ring (bicyclic) bond motifs is 2. The van der Waals surface area contributed by atoms with Crippen LogP contribution in [0.15, 0.2) is 0 Å². The molecule has 2 N–H and O–H groups in total. The third kappa shape index (κ3) is 1.59. The molecule has 2 aliphatic heterocycles. The number of aliphatic hydroxyl groups excluding tert-OH is 1. The number of hydrogen-bond acceptors (Lipinski definition) is 4. The Balaban J connectivity index is 1.66. The molecule has 6 heteroatoms. The first-order chi connectivity index (χ1) is 10.5. The van der Waals surface area contributed by atoms with Gasteiger partial charge in [-0.05, 0) is 43.9 Å². The molecule has 0 aromatic heterocycles. The van der Waals surface area contributed by atoms with Crippen LogP contribution in [-0.2, 0) is 14.3 Å². The Hall–Kier alpha value is -0.810. The minimum absolute atomic E-state index is 0.0842. The number of hydrogen-bond donors (Lipinski definition) is 2. The summed E-state index contributed by atoms with van der Waals surface area (Å²) in [6.45, 7) is 1.76. The number of carbonyl (C=O) groups excluding carboxylic acids is 2. The lowest BCUT2D eigenvalue weighted by Crippen LogP contribution is -2.80. The maximum atomic E-state index is 12.3. The molecule has 1 amide bonds. The van der Waals surface area contributed by atoms with Crippen LogP contribution in [0.5, 0.6) is 0 Å². The highest BCUT2D eigenvalue weighted by atomic mass is 35.5. The molecule has 122 valence electrons. The molecule has 0 aromatic carbocycles. The van der Waals surface area contributed by atoms with E-state index in [0.29, 0.717) is 24.1 Å². The Kier molecular flexibility index (Phi) is 3.09. The summed E-state index contributed by atoms with van der Waals surface area (Å²) in [7, 11) is 0. The van der Waals surface area contributed by atoms with Crippen LogP contribution in [-0.4, -0.2) is 40.1 Å². The molecule has 1 unspecified atom stereocenters. The van der Waals surface area contributed by atoms with E-state index in [-0.39, 0.29) is 11.8 Å². The van der Waals surface area contributed by atoms with Gasteiger partial charge in [0, 0.05) is 5.88 Å². The summed E-state index contributed by atoms with van der Waals surface area (Å²) in [6, 6.07) is 0. The van der Waals surface area contributed by atoms with Gasteiger partial charge in [0.1, 0.15) is 0 Å². The minimum atomic E-state index is -1.27. The van der Waals surface area contributed by atoms with Crippen molar-refractivity contribution in [3.05, 3.63) is 0 Å². The first-order valence-electron chi connectivity index (χ1n) is 8.25. The summed E-state index contributed by atoms with van der Waals surface area (Å²) in [5.41, 5.74) is -2.24. The van der Waals surface area contributed by atoms with Gasteiger partial charge in [0.15, 0.2) is 5.60 Å². The predicted molar refractivity (Wildman–Crippen MR) is 79.1 cm³/mol. The number of alkyl halides is 1. The monoisotopic (exact) mass is 327 g/mol. The van der Waals surface area contributed by atoms with E-state index < -0.39 is 29.1 Å². The number of amides is 1. The van der Waals surface area contributed by atoms with E-state index in [0.717, 1.165) is 19.3 Å². The van der Waals surface area contributed by atoms with Crippen LogP contribution in [0, 0.1) is 23.7 Å². The molecular formula is C16H22ClNO4. The van der Waals surface area contributed by atoms with Gasteiger partial charge in [0.2, 0.25) is 11.4 Å². The maximum absolute atomic E-state index is 12.3. The molecule has 2 saturated carbocycles. The topological polar surface area (TPSA) is 75.6 Å². The average molecular weight is 328 g/mol. The van der Waals surface area contributed by atoms with E-state index in [2.05, 4.69) is 5.32 Å². The molecule has 2 aliphatic carbocycles. The van der Waals surface area contributed by atoms with Crippen LogP contribution in [0.4, 0.5) is 0 Å². The smallest absolute Gasteiger partial charge is 0.339 e. The zero-order valence-corrected chi connectivity index (χ0v) is 13.4. The lowest BCUT2D eigenvalue weighted by atomic mass is 9.63. The predicted octanol–water partition coefficient (Wildman–Crippen LogP) is 1.21. The quantitative estimate of drug-likeness (QED) is 0.601.